The second-order valence-corrected chi connectivity index (χ2v) is 7.33. The number of carbonyl (C=O) groups is 1. The largest absolute Gasteiger partial charge is 0.384 e. The van der Waals surface area contributed by atoms with Gasteiger partial charge in [0.25, 0.3) is 5.91 Å². The van der Waals surface area contributed by atoms with Crippen molar-refractivity contribution in [3.8, 4) is 11.8 Å². The highest BCUT2D eigenvalue weighted by molar-refractivity contribution is 5.94. The highest BCUT2D eigenvalue weighted by Crippen LogP contribution is 2.32. The van der Waals surface area contributed by atoms with Crippen LogP contribution in [0.4, 0.5) is 0 Å². The summed E-state index contributed by atoms with van der Waals surface area (Å²) in [6.07, 6.45) is 2.27. The van der Waals surface area contributed by atoms with Crippen LogP contribution >= 0.6 is 0 Å². The molecule has 1 saturated heterocycles. The fraction of sp³-hybridized carbons (Fsp3) is 0.476. The van der Waals surface area contributed by atoms with Gasteiger partial charge in [-0.1, -0.05) is 17.0 Å². The molecule has 1 atom stereocenters. The van der Waals surface area contributed by atoms with Crippen LogP contribution in [0.3, 0.4) is 0 Å². The number of ether oxygens (including phenoxy) is 1. The van der Waals surface area contributed by atoms with E-state index >= 15 is 0 Å². The smallest absolute Gasteiger partial charge is 0.254 e. The molecule has 0 radical (unpaired) electrons. The quantitative estimate of drug-likeness (QED) is 0.798. The molecule has 1 aromatic carbocycles. The van der Waals surface area contributed by atoms with E-state index in [9.17, 15) is 9.90 Å². The Balaban J connectivity index is 1.72. The van der Waals surface area contributed by atoms with Crippen molar-refractivity contribution >= 4 is 5.91 Å². The maximum absolute atomic E-state index is 13.0. The van der Waals surface area contributed by atoms with Gasteiger partial charge in [-0.05, 0) is 51.0 Å². The molecule has 3 rings (SSSR count). The van der Waals surface area contributed by atoms with Gasteiger partial charge in [-0.2, -0.15) is 4.98 Å². The Morgan fingerprint density at radius 2 is 2.14 bits per heavy atom. The van der Waals surface area contributed by atoms with Crippen LogP contribution in [-0.2, 0) is 11.2 Å². The van der Waals surface area contributed by atoms with E-state index in [-0.39, 0.29) is 11.9 Å². The van der Waals surface area contributed by atoms with Crippen LogP contribution < -0.4 is 0 Å². The lowest BCUT2D eigenvalue weighted by Crippen LogP contribution is -2.30. The van der Waals surface area contributed by atoms with Gasteiger partial charge >= 0.3 is 0 Å². The van der Waals surface area contributed by atoms with E-state index in [0.717, 1.165) is 18.4 Å². The number of carbonyl (C=O) groups excluding carboxylic acids is 1. The zero-order valence-corrected chi connectivity index (χ0v) is 16.4. The fourth-order valence-corrected chi connectivity index (χ4v) is 3.05. The zero-order valence-electron chi connectivity index (χ0n) is 16.4. The second kappa shape index (κ2) is 8.55. The maximum atomic E-state index is 13.0. The first-order chi connectivity index (χ1) is 13.4. The SMILES string of the molecule is COCCc1noc([C@@H]2CCCN2C(=O)c2ccc(C#CC(C)(C)O)cc2)n1. The Morgan fingerprint density at radius 1 is 1.39 bits per heavy atom. The Morgan fingerprint density at radius 3 is 2.82 bits per heavy atom. The maximum Gasteiger partial charge on any atom is 0.254 e. The van der Waals surface area contributed by atoms with Crippen LogP contribution in [0.5, 0.6) is 0 Å². The summed E-state index contributed by atoms with van der Waals surface area (Å²) >= 11 is 0. The Kier molecular flexibility index (Phi) is 6.12. The van der Waals surface area contributed by atoms with E-state index < -0.39 is 5.60 Å². The molecule has 0 bridgehead atoms. The highest BCUT2D eigenvalue weighted by Gasteiger charge is 2.34. The van der Waals surface area contributed by atoms with Crippen molar-refractivity contribution in [2.24, 2.45) is 0 Å². The molecule has 0 aliphatic carbocycles. The number of likely N-dealkylation sites (tertiary alicyclic amines) is 1. The fourth-order valence-electron chi connectivity index (χ4n) is 3.05. The lowest BCUT2D eigenvalue weighted by Gasteiger charge is -2.22. The predicted octanol–water partition coefficient (Wildman–Crippen LogP) is 2.36. The van der Waals surface area contributed by atoms with Crippen LogP contribution in [0.1, 0.15) is 60.4 Å². The van der Waals surface area contributed by atoms with E-state index in [0.29, 0.717) is 36.9 Å². The third kappa shape index (κ3) is 4.97. The molecule has 7 nitrogen and oxygen atoms in total. The predicted molar refractivity (Wildman–Crippen MR) is 103 cm³/mol. The zero-order chi connectivity index (χ0) is 20.1. The van der Waals surface area contributed by atoms with Gasteiger partial charge in [0, 0.05) is 31.2 Å². The number of hydrogen-bond acceptors (Lipinski definition) is 6. The van der Waals surface area contributed by atoms with E-state index in [1.807, 2.05) is 0 Å². The molecule has 2 heterocycles. The van der Waals surface area contributed by atoms with E-state index in [1.165, 1.54) is 0 Å². The van der Waals surface area contributed by atoms with Crippen molar-refractivity contribution in [2.75, 3.05) is 20.3 Å². The molecule has 2 aromatic rings. The number of aliphatic hydroxyl groups is 1. The van der Waals surface area contributed by atoms with Gasteiger partial charge in [0.15, 0.2) is 5.82 Å². The monoisotopic (exact) mass is 383 g/mol. The molecule has 1 amide bonds. The normalized spacial score (nSPS) is 16.7. The molecule has 1 aliphatic rings. The number of methoxy groups -OCH3 is 1. The number of nitrogens with zero attached hydrogens (tertiary/aromatic N) is 3. The lowest BCUT2D eigenvalue weighted by atomic mass is 10.1. The van der Waals surface area contributed by atoms with Crippen LogP contribution in [0.15, 0.2) is 28.8 Å². The van der Waals surface area contributed by atoms with Gasteiger partial charge in [-0.15, -0.1) is 0 Å². The molecular weight excluding hydrogens is 358 g/mol. The van der Waals surface area contributed by atoms with Crippen molar-refractivity contribution in [2.45, 2.75) is 44.8 Å². The van der Waals surface area contributed by atoms with Gasteiger partial charge in [0.1, 0.15) is 11.6 Å². The third-order valence-electron chi connectivity index (χ3n) is 4.46. The summed E-state index contributed by atoms with van der Waals surface area (Å²) < 4.78 is 10.4. The van der Waals surface area contributed by atoms with Gasteiger partial charge in [-0.3, -0.25) is 4.79 Å². The molecule has 0 unspecified atom stereocenters. The summed E-state index contributed by atoms with van der Waals surface area (Å²) in [6.45, 7) is 4.43. The highest BCUT2D eigenvalue weighted by atomic mass is 16.5. The van der Waals surface area contributed by atoms with Gasteiger partial charge in [0.05, 0.1) is 6.61 Å². The Hall–Kier alpha value is -2.69. The van der Waals surface area contributed by atoms with Crippen molar-refractivity contribution in [3.63, 3.8) is 0 Å². The Bertz CT molecular complexity index is 872. The van der Waals surface area contributed by atoms with Crippen molar-refractivity contribution < 1.29 is 19.2 Å². The van der Waals surface area contributed by atoms with Gasteiger partial charge in [0.2, 0.25) is 5.89 Å². The first kappa shape index (κ1) is 20.1. The molecule has 0 spiro atoms. The Labute approximate surface area is 164 Å². The van der Waals surface area contributed by atoms with Gasteiger partial charge in [-0.25, -0.2) is 0 Å². The standard InChI is InChI=1S/C21H25N3O4/c1-21(2,26)12-10-15-6-8-16(9-7-15)20(25)24-13-4-5-17(24)19-22-18(23-28-19)11-14-27-3/h6-9,17,26H,4-5,11,13-14H2,1-3H3/t17-/m0/s1. The lowest BCUT2D eigenvalue weighted by molar-refractivity contribution is 0.0710. The first-order valence-electron chi connectivity index (χ1n) is 9.35. The molecule has 1 fully saturated rings. The van der Waals surface area contributed by atoms with Crippen LogP contribution in [0.25, 0.3) is 0 Å². The average molecular weight is 383 g/mol. The second-order valence-electron chi connectivity index (χ2n) is 7.33. The molecule has 0 saturated carbocycles. The van der Waals surface area contributed by atoms with E-state index in [1.54, 1.807) is 50.1 Å². The van der Waals surface area contributed by atoms with Crippen molar-refractivity contribution in [1.29, 1.82) is 0 Å². The summed E-state index contributed by atoms with van der Waals surface area (Å²) in [6, 6.07) is 6.87. The molecule has 148 valence electrons. The minimum Gasteiger partial charge on any atom is -0.384 e. The van der Waals surface area contributed by atoms with Crippen molar-refractivity contribution in [1.82, 2.24) is 15.0 Å². The minimum atomic E-state index is -1.05. The summed E-state index contributed by atoms with van der Waals surface area (Å²) in [5, 5.41) is 13.7. The summed E-state index contributed by atoms with van der Waals surface area (Å²) in [5.41, 5.74) is 0.278. The first-order valence-corrected chi connectivity index (χ1v) is 9.35. The average Bonchev–Trinajstić information content (AvgIpc) is 3.33. The number of aromatic nitrogens is 2. The molecule has 1 aliphatic heterocycles. The van der Waals surface area contributed by atoms with Gasteiger partial charge < -0.3 is 19.3 Å². The molecule has 7 heteroatoms. The molecule has 28 heavy (non-hydrogen) atoms. The topological polar surface area (TPSA) is 88.7 Å². The summed E-state index contributed by atoms with van der Waals surface area (Å²) in [5.74, 6) is 6.66. The molecular formula is C21H25N3O4. The summed E-state index contributed by atoms with van der Waals surface area (Å²) in [7, 11) is 1.62. The minimum absolute atomic E-state index is 0.0684. The molecule has 1 N–H and O–H groups in total. The number of hydrogen-bond donors (Lipinski definition) is 1. The number of benzene rings is 1. The number of rotatable bonds is 5. The number of amides is 1. The third-order valence-corrected chi connectivity index (χ3v) is 4.46. The van der Waals surface area contributed by atoms with Crippen LogP contribution in [0.2, 0.25) is 0 Å². The molecule has 1 aromatic heterocycles. The van der Waals surface area contributed by atoms with E-state index in [2.05, 4.69) is 22.0 Å². The summed E-state index contributed by atoms with van der Waals surface area (Å²) in [4.78, 5) is 19.2. The van der Waals surface area contributed by atoms with E-state index in [4.69, 9.17) is 9.26 Å². The van der Waals surface area contributed by atoms with Crippen LogP contribution in [-0.4, -0.2) is 51.9 Å². The van der Waals surface area contributed by atoms with Crippen molar-refractivity contribution in [3.05, 3.63) is 47.1 Å². The van der Waals surface area contributed by atoms with Crippen LogP contribution in [0, 0.1) is 11.8 Å².